The van der Waals surface area contributed by atoms with Crippen LogP contribution in [0.25, 0.3) is 0 Å². The Kier molecular flexibility index (Phi) is 6.93. The Hall–Kier alpha value is -3.35. The summed E-state index contributed by atoms with van der Waals surface area (Å²) in [7, 11) is 3.13. The fourth-order valence-electron chi connectivity index (χ4n) is 2.52. The Morgan fingerprint density at radius 3 is 2.44 bits per heavy atom. The Morgan fingerprint density at radius 1 is 1.11 bits per heavy atom. The maximum Gasteiger partial charge on any atom is 0.270 e. The molecule has 0 amide bonds. The van der Waals surface area contributed by atoms with Crippen LogP contribution in [-0.4, -0.2) is 25.4 Å². The summed E-state index contributed by atoms with van der Waals surface area (Å²) >= 11 is 0. The van der Waals surface area contributed by atoms with Crippen molar-refractivity contribution in [1.29, 1.82) is 0 Å². The molecule has 0 aliphatic rings. The number of nitro groups is 1. The van der Waals surface area contributed by atoms with Gasteiger partial charge in [-0.2, -0.15) is 0 Å². The molecule has 7 nitrogen and oxygen atoms in total. The van der Waals surface area contributed by atoms with Crippen molar-refractivity contribution >= 4 is 12.0 Å². The van der Waals surface area contributed by atoms with E-state index in [1.54, 1.807) is 19.2 Å². The van der Waals surface area contributed by atoms with Crippen LogP contribution < -0.4 is 9.47 Å². The van der Waals surface area contributed by atoms with Gasteiger partial charge in [-0.05, 0) is 36.3 Å². The lowest BCUT2D eigenvalue weighted by Crippen LogP contribution is -1.98. The number of ether oxygens (including phenoxy) is 3. The van der Waals surface area contributed by atoms with Gasteiger partial charge >= 0.3 is 0 Å². The molecule has 0 radical (unpaired) electrons. The van der Waals surface area contributed by atoms with Crippen LogP contribution in [0, 0.1) is 10.1 Å². The molecular formula is C20H21NO6. The molecule has 142 valence electrons. The number of rotatable bonds is 9. The highest BCUT2D eigenvalue weighted by atomic mass is 16.6. The number of nitro benzene ring substituents is 1. The maximum absolute atomic E-state index is 11.3. The minimum absolute atomic E-state index is 0.0834. The van der Waals surface area contributed by atoms with Crippen molar-refractivity contribution in [3.8, 4) is 17.2 Å². The summed E-state index contributed by atoms with van der Waals surface area (Å²) < 4.78 is 16.5. The highest BCUT2D eigenvalue weighted by Gasteiger charge is 2.15. The van der Waals surface area contributed by atoms with Crippen molar-refractivity contribution in [2.24, 2.45) is 0 Å². The van der Waals surface area contributed by atoms with E-state index >= 15 is 0 Å². The van der Waals surface area contributed by atoms with E-state index < -0.39 is 4.92 Å². The highest BCUT2D eigenvalue weighted by molar-refractivity contribution is 5.81. The zero-order valence-electron chi connectivity index (χ0n) is 15.4. The lowest BCUT2D eigenvalue weighted by atomic mass is 10.1. The largest absolute Gasteiger partial charge is 0.501 e. The molecule has 0 N–H and O–H groups in total. The normalized spacial score (nSPS) is 11.0. The molecule has 0 atom stereocenters. The minimum atomic E-state index is -0.565. The van der Waals surface area contributed by atoms with Crippen molar-refractivity contribution < 1.29 is 23.9 Å². The molecule has 27 heavy (non-hydrogen) atoms. The number of methoxy groups -OCH3 is 2. The van der Waals surface area contributed by atoms with Gasteiger partial charge in [-0.3, -0.25) is 14.9 Å². The number of aldehydes is 1. The van der Waals surface area contributed by atoms with E-state index in [2.05, 4.69) is 0 Å². The topological polar surface area (TPSA) is 87.9 Å². The molecule has 0 saturated heterocycles. The van der Waals surface area contributed by atoms with Gasteiger partial charge in [0.1, 0.15) is 5.75 Å². The average Bonchev–Trinajstić information content (AvgIpc) is 2.68. The van der Waals surface area contributed by atoms with Crippen molar-refractivity contribution in [3.63, 3.8) is 0 Å². The fraction of sp³-hybridized carbons (Fsp3) is 0.250. The first-order chi connectivity index (χ1) is 13.0. The SMILES string of the molecule is CC/C=C(\Cc1ccc(OC)c(Oc2ccc([N+](=O)[O-])cc2C=O)c1)OC. The molecule has 0 aliphatic carbocycles. The van der Waals surface area contributed by atoms with Crippen LogP contribution in [0.1, 0.15) is 29.3 Å². The zero-order valence-corrected chi connectivity index (χ0v) is 15.4. The number of hydrogen-bond donors (Lipinski definition) is 0. The quantitative estimate of drug-likeness (QED) is 0.275. The number of carbonyl (C=O) groups is 1. The van der Waals surface area contributed by atoms with Gasteiger partial charge in [0.2, 0.25) is 0 Å². The Morgan fingerprint density at radius 2 is 1.85 bits per heavy atom. The third kappa shape index (κ3) is 5.07. The van der Waals surface area contributed by atoms with Crippen LogP contribution >= 0.6 is 0 Å². The summed E-state index contributed by atoms with van der Waals surface area (Å²) in [5, 5.41) is 10.9. The summed E-state index contributed by atoms with van der Waals surface area (Å²) in [5.74, 6) is 1.92. The van der Waals surface area contributed by atoms with Crippen molar-refractivity contribution in [3.05, 3.63) is 69.5 Å². The van der Waals surface area contributed by atoms with E-state index in [1.807, 2.05) is 19.1 Å². The summed E-state index contributed by atoms with van der Waals surface area (Å²) in [6, 6.07) is 9.29. The van der Waals surface area contributed by atoms with Gasteiger partial charge in [0, 0.05) is 18.6 Å². The van der Waals surface area contributed by atoms with Crippen molar-refractivity contribution in [2.45, 2.75) is 19.8 Å². The van der Waals surface area contributed by atoms with Crippen LogP contribution in [0.5, 0.6) is 17.2 Å². The first kappa shape index (κ1) is 20.0. The van der Waals surface area contributed by atoms with Gasteiger partial charge in [0.25, 0.3) is 5.69 Å². The van der Waals surface area contributed by atoms with E-state index in [-0.39, 0.29) is 17.0 Å². The second kappa shape index (κ2) is 9.38. The molecule has 0 fully saturated rings. The monoisotopic (exact) mass is 371 g/mol. The van der Waals surface area contributed by atoms with Gasteiger partial charge < -0.3 is 14.2 Å². The van der Waals surface area contributed by atoms with Crippen LogP contribution in [0.3, 0.4) is 0 Å². The number of carbonyl (C=O) groups excluding carboxylic acids is 1. The number of allylic oxidation sites excluding steroid dienone is 2. The molecule has 2 rings (SSSR count). The molecule has 0 spiro atoms. The number of nitrogens with zero attached hydrogens (tertiary/aromatic N) is 1. The Labute approximate surface area is 157 Å². The van der Waals surface area contributed by atoms with Crippen LogP contribution in [-0.2, 0) is 11.2 Å². The number of benzene rings is 2. The third-order valence-electron chi connectivity index (χ3n) is 3.85. The molecule has 0 unspecified atom stereocenters. The van der Waals surface area contributed by atoms with E-state index in [0.29, 0.717) is 24.2 Å². The zero-order chi connectivity index (χ0) is 19.8. The summed E-state index contributed by atoms with van der Waals surface area (Å²) in [4.78, 5) is 21.6. The minimum Gasteiger partial charge on any atom is -0.501 e. The van der Waals surface area contributed by atoms with E-state index in [9.17, 15) is 14.9 Å². The second-order valence-corrected chi connectivity index (χ2v) is 5.64. The summed E-state index contributed by atoms with van der Waals surface area (Å²) in [5.41, 5.74) is 0.835. The van der Waals surface area contributed by atoms with Gasteiger partial charge in [-0.15, -0.1) is 0 Å². The molecule has 7 heteroatoms. The van der Waals surface area contributed by atoms with Crippen LogP contribution in [0.15, 0.2) is 48.2 Å². The predicted molar refractivity (Wildman–Crippen MR) is 101 cm³/mol. The summed E-state index contributed by atoms with van der Waals surface area (Å²) in [6.45, 7) is 2.02. The molecule has 0 bridgehead atoms. The molecule has 0 aromatic heterocycles. The second-order valence-electron chi connectivity index (χ2n) is 5.64. The maximum atomic E-state index is 11.3. The average molecular weight is 371 g/mol. The van der Waals surface area contributed by atoms with Crippen molar-refractivity contribution in [1.82, 2.24) is 0 Å². The van der Waals surface area contributed by atoms with E-state index in [0.717, 1.165) is 17.7 Å². The lowest BCUT2D eigenvalue weighted by Gasteiger charge is -2.14. The Balaban J connectivity index is 2.37. The molecule has 0 saturated carbocycles. The molecule has 0 aliphatic heterocycles. The smallest absolute Gasteiger partial charge is 0.270 e. The van der Waals surface area contributed by atoms with Crippen LogP contribution in [0.4, 0.5) is 5.69 Å². The fourth-order valence-corrected chi connectivity index (χ4v) is 2.52. The predicted octanol–water partition coefficient (Wildman–Crippen LogP) is 4.69. The van der Waals surface area contributed by atoms with Crippen molar-refractivity contribution in [2.75, 3.05) is 14.2 Å². The standard InChI is InChI=1S/C20H21NO6/c1-4-5-17(25-2)10-14-6-8-19(26-3)20(11-14)27-18-9-7-16(21(23)24)12-15(18)13-22/h5-9,11-13H,4,10H2,1-3H3/b17-5+. The van der Waals surface area contributed by atoms with Gasteiger partial charge in [0.15, 0.2) is 17.8 Å². The molecule has 2 aromatic carbocycles. The third-order valence-corrected chi connectivity index (χ3v) is 3.85. The number of non-ortho nitro benzene ring substituents is 1. The molecular weight excluding hydrogens is 350 g/mol. The molecule has 0 heterocycles. The highest BCUT2D eigenvalue weighted by Crippen LogP contribution is 2.35. The summed E-state index contributed by atoms with van der Waals surface area (Å²) in [6.07, 6.45) is 3.94. The van der Waals surface area contributed by atoms with Gasteiger partial charge in [0.05, 0.1) is 30.5 Å². The number of hydrogen-bond acceptors (Lipinski definition) is 6. The molecule has 2 aromatic rings. The lowest BCUT2D eigenvalue weighted by molar-refractivity contribution is -0.384. The van der Waals surface area contributed by atoms with Gasteiger partial charge in [-0.1, -0.05) is 13.0 Å². The Bertz CT molecular complexity index is 860. The van der Waals surface area contributed by atoms with E-state index in [1.165, 1.54) is 25.3 Å². The van der Waals surface area contributed by atoms with E-state index in [4.69, 9.17) is 14.2 Å². The van der Waals surface area contributed by atoms with Crippen LogP contribution in [0.2, 0.25) is 0 Å². The van der Waals surface area contributed by atoms with Gasteiger partial charge in [-0.25, -0.2) is 0 Å². The first-order valence-corrected chi connectivity index (χ1v) is 8.33. The first-order valence-electron chi connectivity index (χ1n) is 8.33.